The second-order valence-corrected chi connectivity index (χ2v) is 7.57. The van der Waals surface area contributed by atoms with Crippen molar-refractivity contribution in [1.29, 1.82) is 0 Å². The molecule has 0 aromatic carbocycles. The normalized spacial score (nSPS) is 20.6. The summed E-state index contributed by atoms with van der Waals surface area (Å²) in [6.45, 7) is 10.6. The summed E-state index contributed by atoms with van der Waals surface area (Å²) in [5, 5.41) is 3.14. The first-order valence-corrected chi connectivity index (χ1v) is 10.1. The van der Waals surface area contributed by atoms with E-state index in [1.165, 1.54) is 38.9 Å². The van der Waals surface area contributed by atoms with Crippen molar-refractivity contribution in [1.82, 2.24) is 14.8 Å². The molecule has 0 unspecified atom stereocenters. The smallest absolute Gasteiger partial charge is 0.191 e. The largest absolute Gasteiger partial charge is 0.370 e. The van der Waals surface area contributed by atoms with Crippen molar-refractivity contribution >= 4 is 46.4 Å². The number of anilines is 1. The topological polar surface area (TPSA) is 61.0 Å². The molecule has 1 aromatic rings. The van der Waals surface area contributed by atoms with E-state index in [1.807, 2.05) is 11.6 Å². The van der Waals surface area contributed by atoms with Crippen molar-refractivity contribution in [2.45, 2.75) is 26.2 Å². The molecule has 25 heavy (non-hydrogen) atoms. The van der Waals surface area contributed by atoms with Gasteiger partial charge in [-0.3, -0.25) is 4.99 Å². The van der Waals surface area contributed by atoms with E-state index in [2.05, 4.69) is 31.6 Å². The number of rotatable bonds is 5. The summed E-state index contributed by atoms with van der Waals surface area (Å²) < 4.78 is 0. The van der Waals surface area contributed by atoms with Crippen LogP contribution >= 0.6 is 35.3 Å². The van der Waals surface area contributed by atoms with Crippen molar-refractivity contribution in [3.8, 4) is 0 Å². The fraction of sp³-hybridized carbons (Fsp3) is 0.765. The minimum atomic E-state index is 0. The van der Waals surface area contributed by atoms with Crippen LogP contribution in [0.15, 0.2) is 16.6 Å². The van der Waals surface area contributed by atoms with Crippen LogP contribution in [0.2, 0.25) is 0 Å². The minimum absolute atomic E-state index is 0. The summed E-state index contributed by atoms with van der Waals surface area (Å²) in [4.78, 5) is 16.1. The van der Waals surface area contributed by atoms with Gasteiger partial charge in [-0.2, -0.15) is 0 Å². The van der Waals surface area contributed by atoms with E-state index in [1.54, 1.807) is 11.3 Å². The van der Waals surface area contributed by atoms with Gasteiger partial charge in [0.15, 0.2) is 11.1 Å². The molecule has 8 heteroatoms. The predicted molar refractivity (Wildman–Crippen MR) is 117 cm³/mol. The first-order valence-electron chi connectivity index (χ1n) is 9.18. The lowest BCUT2D eigenvalue weighted by Crippen LogP contribution is -2.51. The highest BCUT2D eigenvalue weighted by molar-refractivity contribution is 14.0. The van der Waals surface area contributed by atoms with Gasteiger partial charge in [0, 0.05) is 44.3 Å². The highest BCUT2D eigenvalue weighted by atomic mass is 127. The number of guanidine groups is 1. The van der Waals surface area contributed by atoms with Crippen LogP contribution in [-0.2, 0) is 0 Å². The number of nitrogens with two attached hydrogens (primary N) is 1. The third-order valence-corrected chi connectivity index (χ3v) is 6.09. The summed E-state index contributed by atoms with van der Waals surface area (Å²) in [6, 6.07) is 0. The zero-order valence-electron chi connectivity index (χ0n) is 15.1. The van der Waals surface area contributed by atoms with Gasteiger partial charge < -0.3 is 20.4 Å². The zero-order valence-corrected chi connectivity index (χ0v) is 18.3. The number of hydrogen-bond donors (Lipinski definition) is 1. The third-order valence-electron chi connectivity index (χ3n) is 5.26. The predicted octanol–water partition coefficient (Wildman–Crippen LogP) is 2.32. The molecule has 2 N–H and O–H groups in total. The van der Waals surface area contributed by atoms with Gasteiger partial charge in [-0.05, 0) is 44.8 Å². The van der Waals surface area contributed by atoms with Crippen LogP contribution in [0, 0.1) is 5.92 Å². The number of piperazine rings is 1. The SMILES string of the molecule is CCN1CCC(CCN=C(N)N2CCN(c3nccs3)CC2)CC1.I. The second-order valence-electron chi connectivity index (χ2n) is 6.70. The Bertz CT molecular complexity index is 507. The molecule has 1 aromatic heterocycles. The molecule has 2 saturated heterocycles. The monoisotopic (exact) mass is 478 g/mol. The summed E-state index contributed by atoms with van der Waals surface area (Å²) >= 11 is 1.70. The number of aliphatic imine (C=N–C) groups is 1. The molecular weight excluding hydrogens is 447 g/mol. The Morgan fingerprint density at radius 2 is 1.96 bits per heavy atom. The molecule has 0 aliphatic carbocycles. The van der Waals surface area contributed by atoms with Gasteiger partial charge >= 0.3 is 0 Å². The zero-order chi connectivity index (χ0) is 16.8. The Kier molecular flexibility index (Phi) is 8.71. The van der Waals surface area contributed by atoms with Crippen molar-refractivity contribution in [2.75, 3.05) is 57.3 Å². The standard InChI is InChI=1S/C17H30N6S.HI/c1-2-21-8-4-15(5-9-21)3-6-19-16(18)22-10-12-23(13-11-22)17-20-7-14-24-17;/h7,14-15H,2-6,8-13H2,1H3,(H2,18,19);1H. The minimum Gasteiger partial charge on any atom is -0.370 e. The van der Waals surface area contributed by atoms with E-state index in [0.29, 0.717) is 0 Å². The van der Waals surface area contributed by atoms with E-state index in [9.17, 15) is 0 Å². The van der Waals surface area contributed by atoms with Crippen LogP contribution in [0.1, 0.15) is 26.2 Å². The Morgan fingerprint density at radius 3 is 2.56 bits per heavy atom. The van der Waals surface area contributed by atoms with Crippen LogP contribution in [-0.4, -0.2) is 73.1 Å². The van der Waals surface area contributed by atoms with Crippen LogP contribution < -0.4 is 10.6 Å². The molecule has 0 saturated carbocycles. The van der Waals surface area contributed by atoms with Crippen molar-refractivity contribution in [3.63, 3.8) is 0 Å². The summed E-state index contributed by atoms with van der Waals surface area (Å²) in [7, 11) is 0. The van der Waals surface area contributed by atoms with Gasteiger partial charge in [0.2, 0.25) is 0 Å². The average Bonchev–Trinajstić information content (AvgIpc) is 3.17. The summed E-state index contributed by atoms with van der Waals surface area (Å²) in [6.07, 6.45) is 5.68. The van der Waals surface area contributed by atoms with E-state index in [4.69, 9.17) is 5.73 Å². The third kappa shape index (κ3) is 5.96. The van der Waals surface area contributed by atoms with Crippen LogP contribution in [0.4, 0.5) is 5.13 Å². The maximum absolute atomic E-state index is 6.21. The Balaban J connectivity index is 0.00000225. The maximum atomic E-state index is 6.21. The second kappa shape index (κ2) is 10.5. The highest BCUT2D eigenvalue weighted by Crippen LogP contribution is 2.20. The number of nitrogens with zero attached hydrogens (tertiary/aromatic N) is 5. The maximum Gasteiger partial charge on any atom is 0.191 e. The van der Waals surface area contributed by atoms with Crippen LogP contribution in [0.3, 0.4) is 0 Å². The lowest BCUT2D eigenvalue weighted by molar-refractivity contribution is 0.188. The molecule has 2 aliphatic heterocycles. The number of likely N-dealkylation sites (tertiary alicyclic amines) is 1. The molecule has 6 nitrogen and oxygen atoms in total. The molecule has 2 aliphatic rings. The quantitative estimate of drug-likeness (QED) is 0.400. The van der Waals surface area contributed by atoms with Crippen LogP contribution in [0.25, 0.3) is 0 Å². The summed E-state index contributed by atoms with van der Waals surface area (Å²) in [5.74, 6) is 1.55. The highest BCUT2D eigenvalue weighted by Gasteiger charge is 2.20. The number of thiazole rings is 1. The van der Waals surface area contributed by atoms with E-state index < -0.39 is 0 Å². The van der Waals surface area contributed by atoms with E-state index in [-0.39, 0.29) is 24.0 Å². The Morgan fingerprint density at radius 1 is 1.24 bits per heavy atom. The first kappa shape index (κ1) is 20.7. The fourth-order valence-corrected chi connectivity index (χ4v) is 4.25. The van der Waals surface area contributed by atoms with Gasteiger partial charge in [0.25, 0.3) is 0 Å². The molecule has 3 heterocycles. The number of halogens is 1. The van der Waals surface area contributed by atoms with Crippen LogP contribution in [0.5, 0.6) is 0 Å². The number of aromatic nitrogens is 1. The lowest BCUT2D eigenvalue weighted by atomic mass is 9.94. The lowest BCUT2D eigenvalue weighted by Gasteiger charge is -2.35. The molecule has 0 spiro atoms. The summed E-state index contributed by atoms with van der Waals surface area (Å²) in [5.41, 5.74) is 6.21. The van der Waals surface area contributed by atoms with Crippen molar-refractivity contribution < 1.29 is 0 Å². The molecule has 0 atom stereocenters. The van der Waals surface area contributed by atoms with Gasteiger partial charge in [0.1, 0.15) is 0 Å². The first-order chi connectivity index (χ1) is 11.8. The number of piperidine rings is 1. The Hall–Kier alpha value is -0.610. The molecule has 3 rings (SSSR count). The average molecular weight is 478 g/mol. The molecular formula is C17H31IN6S. The molecule has 0 bridgehead atoms. The van der Waals surface area contributed by atoms with Gasteiger partial charge in [-0.25, -0.2) is 4.98 Å². The van der Waals surface area contributed by atoms with Crippen molar-refractivity contribution in [3.05, 3.63) is 11.6 Å². The van der Waals surface area contributed by atoms with Gasteiger partial charge in [-0.1, -0.05) is 6.92 Å². The molecule has 2 fully saturated rings. The molecule has 142 valence electrons. The van der Waals surface area contributed by atoms with E-state index in [0.717, 1.165) is 49.7 Å². The Labute approximate surface area is 172 Å². The van der Waals surface area contributed by atoms with Gasteiger partial charge in [0.05, 0.1) is 0 Å². The van der Waals surface area contributed by atoms with Crippen molar-refractivity contribution in [2.24, 2.45) is 16.6 Å². The van der Waals surface area contributed by atoms with Gasteiger partial charge in [-0.15, -0.1) is 35.3 Å². The number of hydrogen-bond acceptors (Lipinski definition) is 5. The fourth-order valence-electron chi connectivity index (χ4n) is 3.55. The molecule has 0 amide bonds. The molecule has 0 radical (unpaired) electrons. The van der Waals surface area contributed by atoms with E-state index >= 15 is 0 Å².